The van der Waals surface area contributed by atoms with Crippen molar-refractivity contribution in [3.8, 4) is 11.5 Å². The number of aryl methyl sites for hydroxylation is 1. The first kappa shape index (κ1) is 36.1. The zero-order chi connectivity index (χ0) is 38.5. The number of amides is 2. The van der Waals surface area contributed by atoms with Crippen molar-refractivity contribution in [1.29, 1.82) is 0 Å². The number of aromatic amines is 1. The smallest absolute Gasteiger partial charge is 0.330 e. The van der Waals surface area contributed by atoms with Gasteiger partial charge in [0.2, 0.25) is 0 Å². The highest BCUT2D eigenvalue weighted by atomic mass is 16.6. The molecule has 0 aliphatic carbocycles. The van der Waals surface area contributed by atoms with E-state index in [1.165, 1.54) is 15.7 Å². The minimum absolute atomic E-state index is 0.0322. The molecule has 4 aromatic carbocycles. The predicted octanol–water partition coefficient (Wildman–Crippen LogP) is 3.48. The van der Waals surface area contributed by atoms with Crippen molar-refractivity contribution in [2.45, 2.75) is 36.5 Å². The van der Waals surface area contributed by atoms with Gasteiger partial charge in [0.25, 0.3) is 17.4 Å². The number of fused-ring (bicyclic) bond motifs is 3. The maximum atomic E-state index is 13.3. The fourth-order valence-corrected chi connectivity index (χ4v) is 8.17. The van der Waals surface area contributed by atoms with Gasteiger partial charge >= 0.3 is 5.69 Å². The summed E-state index contributed by atoms with van der Waals surface area (Å²) in [7, 11) is 3.19. The summed E-state index contributed by atoms with van der Waals surface area (Å²) in [5.74, 6) is 0.529. The Balaban J connectivity index is 1.19. The van der Waals surface area contributed by atoms with Crippen LogP contribution < -0.4 is 20.7 Å². The molecular formula is C42H40N4O9. The van der Waals surface area contributed by atoms with Crippen LogP contribution in [0.4, 0.5) is 0 Å². The van der Waals surface area contributed by atoms with E-state index in [1.807, 2.05) is 83.8 Å². The number of aromatic nitrogens is 2. The Labute approximate surface area is 316 Å². The Kier molecular flexibility index (Phi) is 9.26. The number of aliphatic hydroxyl groups excluding tert-OH is 1. The molecule has 0 saturated carbocycles. The number of hydrogen-bond acceptors (Lipinski definition) is 10. The topological polar surface area (TPSA) is 153 Å². The van der Waals surface area contributed by atoms with E-state index in [0.717, 1.165) is 16.7 Å². The average molecular weight is 745 g/mol. The van der Waals surface area contributed by atoms with Gasteiger partial charge in [0, 0.05) is 31.4 Å². The minimum atomic E-state index is -1.40. The zero-order valence-corrected chi connectivity index (χ0v) is 30.5. The molecule has 2 amide bonds. The number of benzene rings is 4. The number of nitrogens with one attached hydrogen (secondary N) is 1. The van der Waals surface area contributed by atoms with Crippen LogP contribution in [0.1, 0.15) is 49.2 Å². The molecule has 2 N–H and O–H groups in total. The van der Waals surface area contributed by atoms with Crippen LogP contribution in [0.5, 0.6) is 11.5 Å². The fraction of sp³-hybridized carbons (Fsp3) is 0.286. The van der Waals surface area contributed by atoms with Gasteiger partial charge in [-0.2, -0.15) is 0 Å². The van der Waals surface area contributed by atoms with E-state index in [2.05, 4.69) is 4.98 Å². The Morgan fingerprint density at radius 1 is 0.782 bits per heavy atom. The number of carbonyl (C=O) groups is 2. The molecule has 3 aliphatic rings. The molecule has 2 saturated heterocycles. The van der Waals surface area contributed by atoms with E-state index in [0.29, 0.717) is 22.6 Å². The Bertz CT molecular complexity index is 2280. The van der Waals surface area contributed by atoms with Gasteiger partial charge in [0.1, 0.15) is 28.8 Å². The first-order valence-corrected chi connectivity index (χ1v) is 18.0. The molecule has 3 aliphatic heterocycles. The van der Waals surface area contributed by atoms with Crippen LogP contribution in [0.3, 0.4) is 0 Å². The van der Waals surface area contributed by atoms with Gasteiger partial charge in [-0.05, 0) is 60.0 Å². The Hall–Kier alpha value is -5.86. The summed E-state index contributed by atoms with van der Waals surface area (Å²) >= 11 is 0. The molecule has 5 aromatic rings. The van der Waals surface area contributed by atoms with Gasteiger partial charge < -0.3 is 24.1 Å². The third-order valence-corrected chi connectivity index (χ3v) is 11.0. The van der Waals surface area contributed by atoms with Gasteiger partial charge in [-0.15, -0.1) is 0 Å². The second-order valence-corrected chi connectivity index (χ2v) is 14.1. The average Bonchev–Trinajstić information content (AvgIpc) is 3.75. The summed E-state index contributed by atoms with van der Waals surface area (Å²) in [5, 5.41) is 12.3. The molecule has 0 radical (unpaired) electrons. The van der Waals surface area contributed by atoms with Crippen LogP contribution >= 0.6 is 0 Å². The molecule has 13 nitrogen and oxygen atoms in total. The third kappa shape index (κ3) is 5.96. The normalized spacial score (nSPS) is 22.0. The number of nitrogens with zero attached hydrogens (tertiary/aromatic N) is 3. The van der Waals surface area contributed by atoms with Gasteiger partial charge in [-0.1, -0.05) is 66.7 Å². The first-order chi connectivity index (χ1) is 26.6. The molecule has 282 valence electrons. The van der Waals surface area contributed by atoms with E-state index in [-0.39, 0.29) is 31.8 Å². The number of hydrogen-bond donors (Lipinski definition) is 2. The van der Waals surface area contributed by atoms with Gasteiger partial charge in [0.05, 0.1) is 38.0 Å². The molecule has 13 heteroatoms. The van der Waals surface area contributed by atoms with Crippen LogP contribution in [0.25, 0.3) is 0 Å². The van der Waals surface area contributed by atoms with Gasteiger partial charge in [-0.3, -0.25) is 33.7 Å². The summed E-state index contributed by atoms with van der Waals surface area (Å²) in [5.41, 5.74) is -0.574. The summed E-state index contributed by atoms with van der Waals surface area (Å²) in [6.07, 6.45) is -0.830. The van der Waals surface area contributed by atoms with Gasteiger partial charge in [-0.25, -0.2) is 4.79 Å². The van der Waals surface area contributed by atoms with E-state index < -0.39 is 52.6 Å². The minimum Gasteiger partial charge on any atom is -0.497 e. The molecule has 0 unspecified atom stereocenters. The SMILES string of the molecule is COc1ccc(C(OC[C@@]23CN(CCN4C(=O)c5ccccc5C4=O)[C@@H]([C@H](n4cc(C)c(=O)[nH]c4=O)O2)[C@@H]3O)(c2ccccc2)c2ccc(OC)cc2)cc1. The van der Waals surface area contributed by atoms with Crippen molar-refractivity contribution < 1.29 is 33.6 Å². The highest BCUT2D eigenvalue weighted by molar-refractivity contribution is 6.21. The summed E-state index contributed by atoms with van der Waals surface area (Å²) in [6.45, 7) is 1.77. The van der Waals surface area contributed by atoms with Crippen LogP contribution in [0.15, 0.2) is 119 Å². The monoisotopic (exact) mass is 744 g/mol. The zero-order valence-electron chi connectivity index (χ0n) is 30.5. The lowest BCUT2D eigenvalue weighted by molar-refractivity contribution is -0.179. The number of aliphatic hydroxyl groups is 1. The number of H-pyrrole nitrogens is 1. The van der Waals surface area contributed by atoms with Crippen molar-refractivity contribution in [3.05, 3.63) is 164 Å². The second kappa shape index (κ2) is 14.1. The highest BCUT2D eigenvalue weighted by Crippen LogP contribution is 2.49. The van der Waals surface area contributed by atoms with Crippen molar-refractivity contribution in [2.75, 3.05) is 40.5 Å². The molecule has 2 bridgehead atoms. The quantitative estimate of drug-likeness (QED) is 0.144. The van der Waals surface area contributed by atoms with E-state index in [1.54, 1.807) is 45.4 Å². The van der Waals surface area contributed by atoms with Crippen molar-refractivity contribution in [3.63, 3.8) is 0 Å². The van der Waals surface area contributed by atoms with E-state index >= 15 is 0 Å². The highest BCUT2D eigenvalue weighted by Gasteiger charge is 2.65. The van der Waals surface area contributed by atoms with Crippen LogP contribution in [0.2, 0.25) is 0 Å². The number of ether oxygens (including phenoxy) is 4. The Morgan fingerprint density at radius 2 is 1.33 bits per heavy atom. The Morgan fingerprint density at radius 3 is 1.89 bits per heavy atom. The van der Waals surface area contributed by atoms with Crippen molar-refractivity contribution in [2.24, 2.45) is 0 Å². The van der Waals surface area contributed by atoms with E-state index in [4.69, 9.17) is 18.9 Å². The second-order valence-electron chi connectivity index (χ2n) is 14.1. The molecular weight excluding hydrogens is 704 g/mol. The van der Waals surface area contributed by atoms with Gasteiger partial charge in [0.15, 0.2) is 6.23 Å². The fourth-order valence-electron chi connectivity index (χ4n) is 8.17. The lowest BCUT2D eigenvalue weighted by Gasteiger charge is -2.41. The van der Waals surface area contributed by atoms with Crippen LogP contribution in [0, 0.1) is 6.92 Å². The number of methoxy groups -OCH3 is 2. The summed E-state index contributed by atoms with van der Waals surface area (Å²) < 4.78 is 26.2. The standard InChI is InChI=1S/C42H40N4O9/c1-26-23-46(40(51)43-36(26)48)39-34-35(47)41(55-39,24-44(34)21-22-45-37(49)32-11-7-8-12-33(32)38(45)50)25-54-42(27-9-5-4-6-10-27,28-13-17-30(52-2)18-14-28)29-15-19-31(53-3)20-16-29/h4-20,23,34-35,39,47H,21-22,24-25H2,1-3H3,(H,43,48,51)/t34-,35+,39-,41-/m1/s1. The molecule has 0 spiro atoms. The summed E-state index contributed by atoms with van der Waals surface area (Å²) in [6, 6.07) is 30.7. The maximum Gasteiger partial charge on any atom is 0.330 e. The maximum absolute atomic E-state index is 13.3. The number of carbonyl (C=O) groups excluding carboxylic acids is 2. The van der Waals surface area contributed by atoms with Crippen LogP contribution in [-0.2, 0) is 15.1 Å². The van der Waals surface area contributed by atoms with Crippen molar-refractivity contribution in [1.82, 2.24) is 19.4 Å². The molecule has 8 rings (SSSR count). The largest absolute Gasteiger partial charge is 0.497 e. The number of imide groups is 1. The predicted molar refractivity (Wildman–Crippen MR) is 200 cm³/mol. The van der Waals surface area contributed by atoms with E-state index in [9.17, 15) is 24.3 Å². The molecule has 1 aromatic heterocycles. The number of likely N-dealkylation sites (tertiary alicyclic amines) is 1. The number of morpholine rings is 1. The van der Waals surface area contributed by atoms with Crippen molar-refractivity contribution >= 4 is 11.8 Å². The van der Waals surface area contributed by atoms with Crippen LogP contribution in [-0.4, -0.2) is 94.5 Å². The molecule has 2 fully saturated rings. The number of rotatable bonds is 12. The molecule has 55 heavy (non-hydrogen) atoms. The lowest BCUT2D eigenvalue weighted by atomic mass is 9.79. The summed E-state index contributed by atoms with van der Waals surface area (Å²) in [4.78, 5) is 57.7. The lowest BCUT2D eigenvalue weighted by Crippen LogP contribution is -2.52. The molecule has 4 heterocycles. The third-order valence-electron chi connectivity index (χ3n) is 11.0. The molecule has 4 atom stereocenters. The first-order valence-electron chi connectivity index (χ1n) is 18.0.